The highest BCUT2D eigenvalue weighted by Crippen LogP contribution is 2.35. The van der Waals surface area contributed by atoms with Crippen LogP contribution in [0.3, 0.4) is 0 Å². The van der Waals surface area contributed by atoms with E-state index in [1.807, 2.05) is 18.2 Å². The molecule has 2 aromatic rings. The Morgan fingerprint density at radius 1 is 1.24 bits per heavy atom. The summed E-state index contributed by atoms with van der Waals surface area (Å²) < 4.78 is 6.48. The molecule has 3 rings (SSSR count). The Hall–Kier alpha value is -0.940. The number of aryl methyl sites for hydroxylation is 1. The molecule has 21 heavy (non-hydrogen) atoms. The van der Waals surface area contributed by atoms with Crippen LogP contribution in [0.5, 0.6) is 5.75 Å². The van der Waals surface area contributed by atoms with Gasteiger partial charge < -0.3 is 10.1 Å². The number of hydrogen-bond donors (Lipinski definition) is 1. The molecule has 1 unspecified atom stereocenters. The number of nitrogens with one attached hydrogen (secondary N) is 1. The molecule has 1 atom stereocenters. The van der Waals surface area contributed by atoms with E-state index in [-0.39, 0.29) is 0 Å². The van der Waals surface area contributed by atoms with E-state index in [2.05, 4.69) is 46.1 Å². The van der Waals surface area contributed by atoms with E-state index in [1.54, 1.807) is 7.11 Å². The number of ether oxygens (including phenoxy) is 1. The van der Waals surface area contributed by atoms with Crippen LogP contribution in [0.1, 0.15) is 30.0 Å². The topological polar surface area (TPSA) is 21.3 Å². The fraction of sp³-hybridized carbons (Fsp3) is 0.294. The summed E-state index contributed by atoms with van der Waals surface area (Å²) in [7, 11) is 1.72. The van der Waals surface area contributed by atoms with Gasteiger partial charge in [-0.3, -0.25) is 0 Å². The van der Waals surface area contributed by atoms with Gasteiger partial charge in [-0.1, -0.05) is 17.7 Å². The summed E-state index contributed by atoms with van der Waals surface area (Å²) in [6.45, 7) is 0. The fourth-order valence-electron chi connectivity index (χ4n) is 2.86. The van der Waals surface area contributed by atoms with Gasteiger partial charge in [0.25, 0.3) is 0 Å². The van der Waals surface area contributed by atoms with Crippen LogP contribution in [-0.2, 0) is 6.42 Å². The van der Waals surface area contributed by atoms with Crippen molar-refractivity contribution < 1.29 is 4.74 Å². The summed E-state index contributed by atoms with van der Waals surface area (Å²) in [6.07, 6.45) is 3.47. The zero-order valence-corrected chi connectivity index (χ0v) is 14.7. The van der Waals surface area contributed by atoms with Crippen molar-refractivity contribution in [3.63, 3.8) is 0 Å². The van der Waals surface area contributed by atoms with Crippen molar-refractivity contribution in [2.24, 2.45) is 0 Å². The van der Waals surface area contributed by atoms with Gasteiger partial charge in [-0.15, -0.1) is 0 Å². The zero-order valence-electron chi connectivity index (χ0n) is 11.8. The second-order valence-electron chi connectivity index (χ2n) is 5.28. The Morgan fingerprint density at radius 3 is 2.86 bits per heavy atom. The summed E-state index contributed by atoms with van der Waals surface area (Å²) in [6, 6.07) is 12.7. The van der Waals surface area contributed by atoms with E-state index >= 15 is 0 Å². The van der Waals surface area contributed by atoms with E-state index in [4.69, 9.17) is 16.3 Å². The molecule has 0 amide bonds. The quantitative estimate of drug-likeness (QED) is 0.676. The highest BCUT2D eigenvalue weighted by Gasteiger charge is 2.21. The summed E-state index contributed by atoms with van der Waals surface area (Å²) in [4.78, 5) is 0. The van der Waals surface area contributed by atoms with Gasteiger partial charge in [0.1, 0.15) is 5.75 Å². The van der Waals surface area contributed by atoms with Gasteiger partial charge in [-0.05, 0) is 83.3 Å². The van der Waals surface area contributed by atoms with E-state index in [1.165, 1.54) is 17.5 Å². The Bertz CT molecular complexity index is 659. The van der Waals surface area contributed by atoms with Crippen LogP contribution in [0.2, 0.25) is 5.02 Å². The summed E-state index contributed by atoms with van der Waals surface area (Å²) in [5.74, 6) is 0.940. The Balaban J connectivity index is 1.88. The number of hydrogen-bond acceptors (Lipinski definition) is 2. The van der Waals surface area contributed by atoms with E-state index < -0.39 is 0 Å². The van der Waals surface area contributed by atoms with E-state index in [0.29, 0.717) is 6.04 Å². The Labute approximate surface area is 144 Å². The largest absolute Gasteiger partial charge is 0.497 e. The van der Waals surface area contributed by atoms with Crippen LogP contribution in [0.4, 0.5) is 5.69 Å². The second-order valence-corrected chi connectivity index (χ2v) is 6.88. The van der Waals surface area contributed by atoms with Crippen LogP contribution >= 0.6 is 34.2 Å². The maximum atomic E-state index is 6.03. The lowest BCUT2D eigenvalue weighted by molar-refractivity contribution is 0.413. The SMILES string of the molecule is COc1ccc2c(c1)CCCC2Nc1ccc(Cl)cc1I. The third-order valence-electron chi connectivity index (χ3n) is 3.93. The standard InChI is InChI=1S/C17H17ClINO/c1-21-13-6-7-14-11(9-13)3-2-4-16(14)20-17-8-5-12(18)10-15(17)19/h5-10,16,20H,2-4H2,1H3. The molecule has 0 saturated carbocycles. The molecule has 1 N–H and O–H groups in total. The van der Waals surface area contributed by atoms with Crippen molar-refractivity contribution in [3.05, 3.63) is 56.1 Å². The smallest absolute Gasteiger partial charge is 0.119 e. The van der Waals surface area contributed by atoms with E-state index in [9.17, 15) is 0 Å². The highest BCUT2D eigenvalue weighted by molar-refractivity contribution is 14.1. The maximum absolute atomic E-state index is 6.03. The van der Waals surface area contributed by atoms with Crippen LogP contribution in [0, 0.1) is 3.57 Å². The first-order valence-corrected chi connectivity index (χ1v) is 8.51. The van der Waals surface area contributed by atoms with Crippen LogP contribution < -0.4 is 10.1 Å². The predicted molar refractivity (Wildman–Crippen MR) is 96.5 cm³/mol. The molecule has 0 heterocycles. The molecule has 1 aliphatic carbocycles. The molecule has 0 aliphatic heterocycles. The van der Waals surface area contributed by atoms with E-state index in [0.717, 1.165) is 32.9 Å². The molecular weight excluding hydrogens is 397 g/mol. The molecule has 0 spiro atoms. The normalized spacial score (nSPS) is 17.2. The number of benzene rings is 2. The molecule has 1 aliphatic rings. The van der Waals surface area contributed by atoms with Gasteiger partial charge in [0, 0.05) is 14.3 Å². The third-order valence-corrected chi connectivity index (χ3v) is 5.05. The van der Waals surface area contributed by atoms with Crippen molar-refractivity contribution in [2.45, 2.75) is 25.3 Å². The monoisotopic (exact) mass is 413 g/mol. The molecule has 4 heteroatoms. The first-order chi connectivity index (χ1) is 10.2. The lowest BCUT2D eigenvalue weighted by Crippen LogP contribution is -2.18. The Kier molecular flexibility index (Phi) is 4.60. The molecule has 0 radical (unpaired) electrons. The van der Waals surface area contributed by atoms with Crippen LogP contribution in [-0.4, -0.2) is 7.11 Å². The molecule has 0 saturated heterocycles. The minimum absolute atomic E-state index is 0.356. The van der Waals surface area contributed by atoms with Crippen molar-refractivity contribution in [1.29, 1.82) is 0 Å². The third kappa shape index (κ3) is 3.29. The first-order valence-electron chi connectivity index (χ1n) is 7.06. The second kappa shape index (κ2) is 6.44. The average Bonchev–Trinajstić information content (AvgIpc) is 2.49. The number of fused-ring (bicyclic) bond motifs is 1. The number of methoxy groups -OCH3 is 1. The minimum Gasteiger partial charge on any atom is -0.497 e. The van der Waals surface area contributed by atoms with Crippen molar-refractivity contribution in [3.8, 4) is 5.75 Å². The van der Waals surface area contributed by atoms with Crippen molar-refractivity contribution in [1.82, 2.24) is 0 Å². The minimum atomic E-state index is 0.356. The summed E-state index contributed by atoms with van der Waals surface area (Å²) in [5.41, 5.74) is 3.92. The average molecular weight is 414 g/mol. The fourth-order valence-corrected chi connectivity index (χ4v) is 3.89. The van der Waals surface area contributed by atoms with Gasteiger partial charge in [0.2, 0.25) is 0 Å². The van der Waals surface area contributed by atoms with Crippen LogP contribution in [0.25, 0.3) is 0 Å². The Morgan fingerprint density at radius 2 is 2.10 bits per heavy atom. The highest BCUT2D eigenvalue weighted by atomic mass is 127. The first kappa shape index (κ1) is 15.0. The van der Waals surface area contributed by atoms with Crippen LogP contribution in [0.15, 0.2) is 36.4 Å². The lowest BCUT2D eigenvalue weighted by Gasteiger charge is -2.28. The maximum Gasteiger partial charge on any atom is 0.119 e. The predicted octanol–water partition coefficient (Wildman–Crippen LogP) is 5.44. The van der Waals surface area contributed by atoms with Gasteiger partial charge in [-0.2, -0.15) is 0 Å². The molecule has 0 fully saturated rings. The van der Waals surface area contributed by atoms with Gasteiger partial charge in [0.05, 0.1) is 13.2 Å². The molecule has 110 valence electrons. The van der Waals surface area contributed by atoms with Gasteiger partial charge in [0.15, 0.2) is 0 Å². The number of halogens is 2. The lowest BCUT2D eigenvalue weighted by atomic mass is 9.87. The molecule has 2 aromatic carbocycles. The molecule has 0 aromatic heterocycles. The molecular formula is C17H17ClINO. The zero-order chi connectivity index (χ0) is 14.8. The van der Waals surface area contributed by atoms with Crippen molar-refractivity contribution in [2.75, 3.05) is 12.4 Å². The summed E-state index contributed by atoms with van der Waals surface area (Å²) in [5, 5.41) is 4.44. The number of rotatable bonds is 3. The number of anilines is 1. The summed E-state index contributed by atoms with van der Waals surface area (Å²) >= 11 is 8.35. The molecule has 2 nitrogen and oxygen atoms in total. The van der Waals surface area contributed by atoms with Crippen molar-refractivity contribution >= 4 is 39.9 Å². The van der Waals surface area contributed by atoms with Gasteiger partial charge >= 0.3 is 0 Å². The molecule has 0 bridgehead atoms. The van der Waals surface area contributed by atoms with Gasteiger partial charge in [-0.25, -0.2) is 0 Å².